The van der Waals surface area contributed by atoms with Crippen molar-refractivity contribution < 1.29 is 9.59 Å². The van der Waals surface area contributed by atoms with E-state index in [1.54, 1.807) is 4.90 Å². The number of hydrogen-bond donors (Lipinski definition) is 2. The lowest BCUT2D eigenvalue weighted by Crippen LogP contribution is -2.38. The standard InChI is InChI=1S/C17H15N3O2/c21-16-9-15-13-4-1-3-12(14-5-2-7-18-14)11(13)6-8-20(15)17(22)10-19-16/h1-5,7,9,18H,6,8,10H2,(H,19,21). The average molecular weight is 293 g/mol. The predicted molar refractivity (Wildman–Crippen MR) is 82.6 cm³/mol. The first kappa shape index (κ1) is 12.9. The second-order valence-corrected chi connectivity index (χ2v) is 5.46. The fourth-order valence-electron chi connectivity index (χ4n) is 3.18. The van der Waals surface area contributed by atoms with Crippen LogP contribution in [-0.2, 0) is 16.0 Å². The van der Waals surface area contributed by atoms with Gasteiger partial charge in [0, 0.05) is 35.6 Å². The summed E-state index contributed by atoms with van der Waals surface area (Å²) < 4.78 is 0. The van der Waals surface area contributed by atoms with Gasteiger partial charge in [0.2, 0.25) is 11.8 Å². The maximum atomic E-state index is 12.2. The summed E-state index contributed by atoms with van der Waals surface area (Å²) in [5, 5.41) is 2.61. The molecule has 2 N–H and O–H groups in total. The fraction of sp³-hybridized carbons (Fsp3) is 0.176. The Bertz CT molecular complexity index is 790. The second-order valence-electron chi connectivity index (χ2n) is 5.46. The molecule has 2 amide bonds. The van der Waals surface area contributed by atoms with Gasteiger partial charge in [0.25, 0.3) is 0 Å². The smallest absolute Gasteiger partial charge is 0.246 e. The van der Waals surface area contributed by atoms with Gasteiger partial charge in [-0.15, -0.1) is 0 Å². The van der Waals surface area contributed by atoms with Gasteiger partial charge in [-0.05, 0) is 24.1 Å². The lowest BCUT2D eigenvalue weighted by atomic mass is 9.90. The molecule has 2 aliphatic rings. The Hall–Kier alpha value is -2.82. The molecule has 2 aromatic rings. The van der Waals surface area contributed by atoms with Crippen LogP contribution in [0.2, 0.25) is 0 Å². The Labute approximate surface area is 127 Å². The first-order chi connectivity index (χ1) is 10.7. The van der Waals surface area contributed by atoms with Crippen molar-refractivity contribution in [3.8, 4) is 11.3 Å². The van der Waals surface area contributed by atoms with Crippen molar-refractivity contribution in [2.24, 2.45) is 0 Å². The molecule has 1 aromatic carbocycles. The number of benzene rings is 1. The number of carbonyl (C=O) groups excluding carboxylic acids is 2. The van der Waals surface area contributed by atoms with E-state index in [9.17, 15) is 9.59 Å². The monoisotopic (exact) mass is 293 g/mol. The molecule has 3 heterocycles. The lowest BCUT2D eigenvalue weighted by Gasteiger charge is -2.31. The molecule has 1 aromatic heterocycles. The van der Waals surface area contributed by atoms with Crippen molar-refractivity contribution in [3.63, 3.8) is 0 Å². The molecule has 4 rings (SSSR count). The molecule has 0 atom stereocenters. The minimum Gasteiger partial charge on any atom is -0.361 e. The summed E-state index contributed by atoms with van der Waals surface area (Å²) in [5.74, 6) is -0.281. The molecule has 5 nitrogen and oxygen atoms in total. The van der Waals surface area contributed by atoms with Crippen LogP contribution in [-0.4, -0.2) is 34.8 Å². The molecule has 0 fully saturated rings. The van der Waals surface area contributed by atoms with Gasteiger partial charge in [-0.25, -0.2) is 0 Å². The summed E-state index contributed by atoms with van der Waals surface area (Å²) in [6.45, 7) is 0.662. The summed E-state index contributed by atoms with van der Waals surface area (Å²) in [7, 11) is 0. The Morgan fingerprint density at radius 1 is 1.05 bits per heavy atom. The molecular weight excluding hydrogens is 278 g/mol. The summed E-state index contributed by atoms with van der Waals surface area (Å²) in [4.78, 5) is 28.9. The SMILES string of the molecule is O=C1C=C2c3cccc(-c4ccc[nH]4)c3CCN2C(=O)CN1. The van der Waals surface area contributed by atoms with Gasteiger partial charge in [-0.2, -0.15) is 0 Å². The number of hydrogen-bond acceptors (Lipinski definition) is 2. The molecule has 0 radical (unpaired) electrons. The van der Waals surface area contributed by atoms with Crippen molar-refractivity contribution in [2.75, 3.05) is 13.1 Å². The molecule has 110 valence electrons. The van der Waals surface area contributed by atoms with Crippen LogP contribution in [0, 0.1) is 0 Å². The highest BCUT2D eigenvalue weighted by Gasteiger charge is 2.30. The van der Waals surface area contributed by atoms with E-state index in [2.05, 4.69) is 16.4 Å². The van der Waals surface area contributed by atoms with E-state index < -0.39 is 0 Å². The number of nitrogens with one attached hydrogen (secondary N) is 2. The van der Waals surface area contributed by atoms with Crippen LogP contribution in [0.25, 0.3) is 17.0 Å². The van der Waals surface area contributed by atoms with E-state index in [-0.39, 0.29) is 18.4 Å². The van der Waals surface area contributed by atoms with Crippen LogP contribution in [0.1, 0.15) is 11.1 Å². The summed E-state index contributed by atoms with van der Waals surface area (Å²) in [5.41, 5.74) is 5.02. The van der Waals surface area contributed by atoms with Crippen LogP contribution in [0.15, 0.2) is 42.6 Å². The first-order valence-corrected chi connectivity index (χ1v) is 7.30. The van der Waals surface area contributed by atoms with Crippen molar-refractivity contribution in [1.29, 1.82) is 0 Å². The number of nitrogens with zero attached hydrogens (tertiary/aromatic N) is 1. The number of aromatic nitrogens is 1. The van der Waals surface area contributed by atoms with E-state index in [1.165, 1.54) is 11.6 Å². The zero-order chi connectivity index (χ0) is 15.1. The lowest BCUT2D eigenvalue weighted by molar-refractivity contribution is -0.128. The molecule has 0 saturated carbocycles. The zero-order valence-electron chi connectivity index (χ0n) is 11.9. The van der Waals surface area contributed by atoms with Gasteiger partial charge >= 0.3 is 0 Å². The molecule has 0 unspecified atom stereocenters. The van der Waals surface area contributed by atoms with E-state index in [0.717, 1.165) is 23.2 Å². The zero-order valence-corrected chi connectivity index (χ0v) is 11.9. The summed E-state index contributed by atoms with van der Waals surface area (Å²) >= 11 is 0. The van der Waals surface area contributed by atoms with Crippen LogP contribution in [0.3, 0.4) is 0 Å². The van der Waals surface area contributed by atoms with Gasteiger partial charge in [0.1, 0.15) is 0 Å². The number of rotatable bonds is 1. The molecule has 22 heavy (non-hydrogen) atoms. The molecule has 0 aliphatic carbocycles. The van der Waals surface area contributed by atoms with Crippen LogP contribution >= 0.6 is 0 Å². The maximum absolute atomic E-state index is 12.2. The number of amides is 2. The van der Waals surface area contributed by atoms with E-state index in [4.69, 9.17) is 0 Å². The molecule has 0 saturated heterocycles. The van der Waals surface area contributed by atoms with Crippen molar-refractivity contribution in [1.82, 2.24) is 15.2 Å². The molecule has 5 heteroatoms. The van der Waals surface area contributed by atoms with Crippen LogP contribution in [0.5, 0.6) is 0 Å². The number of aromatic amines is 1. The minimum atomic E-state index is -0.219. The van der Waals surface area contributed by atoms with E-state index in [0.29, 0.717) is 12.2 Å². The van der Waals surface area contributed by atoms with Gasteiger partial charge < -0.3 is 15.2 Å². The summed E-state index contributed by atoms with van der Waals surface area (Å²) in [6.07, 6.45) is 4.20. The van der Waals surface area contributed by atoms with Crippen LogP contribution < -0.4 is 5.32 Å². The summed E-state index contributed by atoms with van der Waals surface area (Å²) in [6, 6.07) is 10.0. The van der Waals surface area contributed by atoms with E-state index >= 15 is 0 Å². The highest BCUT2D eigenvalue weighted by molar-refractivity contribution is 6.04. The van der Waals surface area contributed by atoms with Gasteiger partial charge in [0.15, 0.2) is 0 Å². The third-order valence-electron chi connectivity index (χ3n) is 4.20. The minimum absolute atomic E-state index is 0.0600. The Kier molecular flexibility index (Phi) is 2.85. The third kappa shape index (κ3) is 1.94. The van der Waals surface area contributed by atoms with Gasteiger partial charge in [-0.3, -0.25) is 9.59 Å². The number of fused-ring (bicyclic) bond motifs is 3. The largest absolute Gasteiger partial charge is 0.361 e. The van der Waals surface area contributed by atoms with Crippen molar-refractivity contribution in [3.05, 3.63) is 53.7 Å². The second kappa shape index (κ2) is 4.87. The van der Waals surface area contributed by atoms with Crippen LogP contribution in [0.4, 0.5) is 0 Å². The quantitative estimate of drug-likeness (QED) is 0.837. The third-order valence-corrected chi connectivity index (χ3v) is 4.20. The molecular formula is C17H15N3O2. The maximum Gasteiger partial charge on any atom is 0.246 e. The molecule has 2 aliphatic heterocycles. The van der Waals surface area contributed by atoms with Gasteiger partial charge in [-0.1, -0.05) is 18.2 Å². The normalized spacial score (nSPS) is 17.3. The Morgan fingerprint density at radius 3 is 2.73 bits per heavy atom. The Morgan fingerprint density at radius 2 is 1.91 bits per heavy atom. The molecule has 0 bridgehead atoms. The highest BCUT2D eigenvalue weighted by Crippen LogP contribution is 2.35. The average Bonchev–Trinajstić information content (AvgIpc) is 3.01. The highest BCUT2D eigenvalue weighted by atomic mass is 16.2. The number of H-pyrrole nitrogens is 1. The molecule has 0 spiro atoms. The fourth-order valence-corrected chi connectivity index (χ4v) is 3.18. The Balaban J connectivity index is 1.90. The van der Waals surface area contributed by atoms with Gasteiger partial charge in [0.05, 0.1) is 12.2 Å². The van der Waals surface area contributed by atoms with Crippen molar-refractivity contribution in [2.45, 2.75) is 6.42 Å². The van der Waals surface area contributed by atoms with Crippen molar-refractivity contribution >= 4 is 17.5 Å². The predicted octanol–water partition coefficient (Wildman–Crippen LogP) is 1.54. The first-order valence-electron chi connectivity index (χ1n) is 7.30. The van der Waals surface area contributed by atoms with E-state index in [1.807, 2.05) is 30.5 Å². The topological polar surface area (TPSA) is 65.2 Å². The number of carbonyl (C=O) groups is 2.